The number of esters is 1. The van der Waals surface area contributed by atoms with Crippen molar-refractivity contribution in [2.24, 2.45) is 0 Å². The second-order valence-corrected chi connectivity index (χ2v) is 20.4. The van der Waals surface area contributed by atoms with E-state index in [1.807, 2.05) is 97.1 Å². The van der Waals surface area contributed by atoms with E-state index >= 15 is 0 Å². The van der Waals surface area contributed by atoms with Crippen LogP contribution in [0.25, 0.3) is 11.1 Å². The van der Waals surface area contributed by atoms with E-state index in [-0.39, 0.29) is 32.5 Å². The van der Waals surface area contributed by atoms with Crippen LogP contribution in [0.5, 0.6) is 17.2 Å². The Morgan fingerprint density at radius 2 is 1.15 bits per heavy atom. The summed E-state index contributed by atoms with van der Waals surface area (Å²) in [6, 6.07) is 30.5. The van der Waals surface area contributed by atoms with Crippen LogP contribution in [0.3, 0.4) is 0 Å². The molecular weight excluding hydrogens is 997 g/mol. The number of ether oxygens (including phenoxy) is 5. The molecule has 4 bridgehead atoms. The minimum absolute atomic E-state index is 0.0125. The van der Waals surface area contributed by atoms with E-state index < -0.39 is 83.5 Å². The first-order chi connectivity index (χ1) is 37.1. The molecule has 0 aromatic heterocycles. The minimum atomic E-state index is -1.26. The Morgan fingerprint density at radius 1 is 0.641 bits per heavy atom. The number of carbonyl (C=O) groups excluding carboxylic acids is 7. The summed E-state index contributed by atoms with van der Waals surface area (Å²) in [6.45, 7) is 9.93. The van der Waals surface area contributed by atoms with E-state index in [0.29, 0.717) is 45.1 Å². The van der Waals surface area contributed by atoms with Gasteiger partial charge in [0.25, 0.3) is 0 Å². The van der Waals surface area contributed by atoms with Crippen LogP contribution < -0.4 is 30.2 Å². The fraction of sp³-hybridized carbons (Fsp3) is 0.383. The molecule has 18 heteroatoms. The lowest BCUT2D eigenvalue weighted by Crippen LogP contribution is -2.59. The second kappa shape index (κ2) is 26.6. The quantitative estimate of drug-likeness (QED) is 0.0764. The third-order valence-electron chi connectivity index (χ3n) is 13.4. The van der Waals surface area contributed by atoms with Crippen LogP contribution in [0.4, 0.5) is 4.79 Å². The van der Waals surface area contributed by atoms with Crippen molar-refractivity contribution in [1.29, 1.82) is 0 Å². The third-order valence-corrected chi connectivity index (χ3v) is 13.4. The van der Waals surface area contributed by atoms with Gasteiger partial charge in [-0.2, -0.15) is 0 Å². The van der Waals surface area contributed by atoms with Crippen LogP contribution in [0.15, 0.2) is 121 Å². The highest BCUT2D eigenvalue weighted by Gasteiger charge is 2.39. The van der Waals surface area contributed by atoms with Crippen molar-refractivity contribution in [1.82, 2.24) is 30.7 Å². The van der Waals surface area contributed by atoms with Crippen LogP contribution in [0, 0.1) is 0 Å². The average molecular weight is 1070 g/mol. The van der Waals surface area contributed by atoms with E-state index in [4.69, 9.17) is 23.7 Å². The molecule has 3 N–H and O–H groups in total. The normalized spacial score (nSPS) is 15.8. The van der Waals surface area contributed by atoms with Crippen molar-refractivity contribution < 1.29 is 57.2 Å². The number of methoxy groups -OCH3 is 2. The van der Waals surface area contributed by atoms with Crippen molar-refractivity contribution in [2.75, 3.05) is 35.4 Å². The highest BCUT2D eigenvalue weighted by molar-refractivity contribution is 5.97. The standard InChI is InChI=1S/C60H72N6O12/c1-37(63-59(73)78-60(4,5)6)53(67)61-38(2)55(69)64(7)48(32-40-22-26-45(74-10)27-23-40)54(68)62-39(3)56(70)65(8)49-33-43-24-28-51(76-35-41-18-14-12-15-19-41)46(30-43)47-31-44(34-50(58(72)75-11)66(9)57(49)71)25-29-52(47)77-36-42-20-16-13-17-21-42/h12-31,37-39,48-50H,32-36H2,1-11H3,(H,61,67)(H,62,68)(H,63,73)/t37-,38+,39+,48+,49+,50+/m1/s1. The highest BCUT2D eigenvalue weighted by atomic mass is 16.6. The van der Waals surface area contributed by atoms with Gasteiger partial charge in [-0.25, -0.2) is 9.59 Å². The predicted octanol–water partition coefficient (Wildman–Crippen LogP) is 6.44. The van der Waals surface area contributed by atoms with Crippen LogP contribution in [-0.2, 0) is 70.7 Å². The predicted molar refractivity (Wildman–Crippen MR) is 293 cm³/mol. The Bertz CT molecular complexity index is 2910. The lowest BCUT2D eigenvalue weighted by Gasteiger charge is -2.36. The molecular formula is C60H72N6O12. The molecule has 0 saturated carbocycles. The molecule has 414 valence electrons. The van der Waals surface area contributed by atoms with E-state index in [1.165, 1.54) is 70.8 Å². The summed E-state index contributed by atoms with van der Waals surface area (Å²) in [5, 5.41) is 7.85. The Hall–Kier alpha value is -8.41. The minimum Gasteiger partial charge on any atom is -0.497 e. The smallest absolute Gasteiger partial charge is 0.408 e. The molecule has 5 aromatic carbocycles. The lowest BCUT2D eigenvalue weighted by molar-refractivity contribution is -0.155. The highest BCUT2D eigenvalue weighted by Crippen LogP contribution is 2.40. The summed E-state index contributed by atoms with van der Waals surface area (Å²) in [4.78, 5) is 101. The number of nitrogens with one attached hydrogen (secondary N) is 3. The van der Waals surface area contributed by atoms with Gasteiger partial charge >= 0.3 is 12.1 Å². The van der Waals surface area contributed by atoms with Gasteiger partial charge in [-0.05, 0) is 106 Å². The summed E-state index contributed by atoms with van der Waals surface area (Å²) in [5.41, 5.74) is 4.40. The molecule has 0 spiro atoms. The van der Waals surface area contributed by atoms with Gasteiger partial charge in [0.2, 0.25) is 29.5 Å². The first kappa shape index (κ1) is 58.8. The molecule has 0 saturated heterocycles. The van der Waals surface area contributed by atoms with Crippen molar-refractivity contribution in [3.05, 3.63) is 149 Å². The van der Waals surface area contributed by atoms with Crippen LogP contribution in [0.2, 0.25) is 0 Å². The average Bonchev–Trinajstić information content (AvgIpc) is 3.55. The summed E-state index contributed by atoms with van der Waals surface area (Å²) >= 11 is 0. The number of hydrogen-bond donors (Lipinski definition) is 3. The molecule has 1 aliphatic heterocycles. The molecule has 0 aliphatic carbocycles. The van der Waals surface area contributed by atoms with Gasteiger partial charge < -0.3 is 54.3 Å². The molecule has 0 fully saturated rings. The number of rotatable bonds is 19. The van der Waals surface area contributed by atoms with Crippen LogP contribution >= 0.6 is 0 Å². The van der Waals surface area contributed by atoms with Gasteiger partial charge in [-0.1, -0.05) is 84.9 Å². The lowest BCUT2D eigenvalue weighted by atomic mass is 9.92. The van der Waals surface area contributed by atoms with Gasteiger partial charge in [-0.15, -0.1) is 0 Å². The number of nitrogens with zero attached hydrogens (tertiary/aromatic N) is 3. The summed E-state index contributed by atoms with van der Waals surface area (Å²) < 4.78 is 28.9. The van der Waals surface area contributed by atoms with Gasteiger partial charge in [-0.3, -0.25) is 24.0 Å². The van der Waals surface area contributed by atoms with Crippen molar-refractivity contribution >= 4 is 41.6 Å². The van der Waals surface area contributed by atoms with E-state index in [1.54, 1.807) is 45.0 Å². The van der Waals surface area contributed by atoms with E-state index in [2.05, 4.69) is 16.0 Å². The Labute approximate surface area is 456 Å². The monoisotopic (exact) mass is 1070 g/mol. The number of carbonyl (C=O) groups is 7. The van der Waals surface area contributed by atoms with Crippen molar-refractivity contribution in [3.8, 4) is 28.4 Å². The topological polar surface area (TPSA) is 211 Å². The van der Waals surface area contributed by atoms with Crippen LogP contribution in [-0.4, -0.2) is 134 Å². The Morgan fingerprint density at radius 3 is 1.67 bits per heavy atom. The van der Waals surface area contributed by atoms with E-state index in [9.17, 15) is 33.6 Å². The second-order valence-electron chi connectivity index (χ2n) is 20.4. The number of fused-ring (bicyclic) bond motifs is 5. The summed E-state index contributed by atoms with van der Waals surface area (Å²) in [5.74, 6) is -2.26. The van der Waals surface area contributed by atoms with Gasteiger partial charge in [0.05, 0.1) is 14.2 Å². The maximum atomic E-state index is 15.0. The Kier molecular flexibility index (Phi) is 20.0. The molecule has 5 aromatic rings. The summed E-state index contributed by atoms with van der Waals surface area (Å²) in [6.07, 6.45) is -0.813. The van der Waals surface area contributed by atoms with Crippen LogP contribution in [0.1, 0.15) is 69.4 Å². The first-order valence-electron chi connectivity index (χ1n) is 25.8. The zero-order valence-corrected chi connectivity index (χ0v) is 46.3. The molecule has 78 heavy (non-hydrogen) atoms. The van der Waals surface area contributed by atoms with Crippen molar-refractivity contribution in [3.63, 3.8) is 0 Å². The molecule has 1 aliphatic rings. The molecule has 0 unspecified atom stereocenters. The van der Waals surface area contributed by atoms with Gasteiger partial charge in [0.15, 0.2) is 0 Å². The number of amides is 6. The number of benzene rings is 5. The third kappa shape index (κ3) is 15.6. The number of hydrogen-bond acceptors (Lipinski definition) is 12. The molecule has 18 nitrogen and oxygen atoms in total. The fourth-order valence-electron chi connectivity index (χ4n) is 8.92. The molecule has 6 amide bonds. The SMILES string of the molecule is COC(=O)[C@@H]1Cc2ccc(OCc3ccccc3)c(c2)-c2cc(ccc2OCc2ccccc2)C[C@H](N(C)C(=O)[C@H](C)NC(=O)[C@H](Cc2ccc(OC)cc2)N(C)C(=O)[C@H](C)NC(=O)[C@@H](C)NC(=O)OC(C)(C)C)C(=O)N1C. The number of likely N-dealkylation sites (N-methyl/N-ethyl adjacent to an activating group) is 3. The maximum Gasteiger partial charge on any atom is 0.408 e. The van der Waals surface area contributed by atoms with Gasteiger partial charge in [0.1, 0.15) is 72.3 Å². The first-order valence-corrected chi connectivity index (χ1v) is 25.8. The zero-order valence-electron chi connectivity index (χ0n) is 46.3. The van der Waals surface area contributed by atoms with Crippen molar-refractivity contribution in [2.45, 2.75) is 116 Å². The van der Waals surface area contributed by atoms with E-state index in [0.717, 1.165) is 11.1 Å². The molecule has 0 radical (unpaired) electrons. The largest absolute Gasteiger partial charge is 0.497 e. The molecule has 1 heterocycles. The number of alkyl carbamates (subject to hydrolysis) is 1. The summed E-state index contributed by atoms with van der Waals surface area (Å²) in [7, 11) is 7.14. The Balaban J connectivity index is 1.31. The molecule has 6 rings (SSSR count). The molecule has 6 atom stereocenters. The fourth-order valence-corrected chi connectivity index (χ4v) is 8.92. The van der Waals surface area contributed by atoms with Gasteiger partial charge in [0, 0.05) is 51.5 Å². The maximum absolute atomic E-state index is 15.0. The zero-order chi connectivity index (χ0) is 56.8.